The van der Waals surface area contributed by atoms with Crippen molar-refractivity contribution >= 4 is 11.6 Å². The summed E-state index contributed by atoms with van der Waals surface area (Å²) in [6.45, 7) is 0. The van der Waals surface area contributed by atoms with Crippen LogP contribution in [0.3, 0.4) is 0 Å². The summed E-state index contributed by atoms with van der Waals surface area (Å²) in [6.07, 6.45) is 3.14. The summed E-state index contributed by atoms with van der Waals surface area (Å²) in [6, 6.07) is 12.7. The molecule has 5 heteroatoms. The molecule has 1 aliphatic carbocycles. The minimum atomic E-state index is -1.30. The summed E-state index contributed by atoms with van der Waals surface area (Å²) in [4.78, 5) is 8.45. The summed E-state index contributed by atoms with van der Waals surface area (Å²) < 4.78 is 5.30. The van der Waals surface area contributed by atoms with E-state index < -0.39 is 5.60 Å². The summed E-state index contributed by atoms with van der Waals surface area (Å²) in [5, 5.41) is 12.2. The average molecular weight is 325 g/mol. The highest BCUT2D eigenvalue weighted by Gasteiger charge is 2.44. The molecule has 0 amide bonds. The number of methoxy groups -OCH3 is 1. The van der Waals surface area contributed by atoms with Crippen molar-refractivity contribution in [2.75, 3.05) is 7.11 Å². The topological polar surface area (TPSA) is 55.2 Å². The number of aromatic nitrogens is 2. The zero-order chi connectivity index (χ0) is 16.0. The van der Waals surface area contributed by atoms with Gasteiger partial charge in [0, 0.05) is 27.9 Å². The smallest absolute Gasteiger partial charge is 0.144 e. The van der Waals surface area contributed by atoms with Crippen molar-refractivity contribution in [3.63, 3.8) is 0 Å². The number of benzene rings is 2. The highest BCUT2D eigenvalue weighted by molar-refractivity contribution is 6.30. The summed E-state index contributed by atoms with van der Waals surface area (Å²) in [7, 11) is 1.61. The molecule has 2 aromatic carbocycles. The predicted octanol–water partition coefficient (Wildman–Crippen LogP) is 3.40. The first-order chi connectivity index (χ1) is 11.1. The van der Waals surface area contributed by atoms with Gasteiger partial charge < -0.3 is 9.84 Å². The number of fused-ring (bicyclic) bond motifs is 3. The lowest BCUT2D eigenvalue weighted by Gasteiger charge is -2.26. The summed E-state index contributed by atoms with van der Waals surface area (Å²) >= 11 is 5.98. The lowest BCUT2D eigenvalue weighted by atomic mass is 9.85. The van der Waals surface area contributed by atoms with Gasteiger partial charge in [-0.2, -0.15) is 0 Å². The van der Waals surface area contributed by atoms with Gasteiger partial charge in [0.1, 0.15) is 17.7 Å². The number of aliphatic hydroxyl groups is 1. The van der Waals surface area contributed by atoms with Crippen LogP contribution >= 0.6 is 11.6 Å². The Morgan fingerprint density at radius 3 is 2.61 bits per heavy atom. The second-order valence-corrected chi connectivity index (χ2v) is 5.85. The van der Waals surface area contributed by atoms with Crippen molar-refractivity contribution in [1.29, 1.82) is 0 Å². The second kappa shape index (κ2) is 5.05. The molecule has 1 atom stereocenters. The van der Waals surface area contributed by atoms with Crippen LogP contribution in [0.15, 0.2) is 55.0 Å². The number of halogens is 1. The third-order valence-corrected chi connectivity index (χ3v) is 4.49. The maximum atomic E-state index is 11.6. The van der Waals surface area contributed by atoms with Gasteiger partial charge in [0.25, 0.3) is 0 Å². The quantitative estimate of drug-likeness (QED) is 0.785. The summed E-state index contributed by atoms with van der Waals surface area (Å²) in [5.41, 5.74) is 2.40. The highest BCUT2D eigenvalue weighted by atomic mass is 35.5. The molecule has 1 unspecified atom stereocenters. The van der Waals surface area contributed by atoms with E-state index in [0.717, 1.165) is 16.7 Å². The molecule has 0 saturated carbocycles. The van der Waals surface area contributed by atoms with Crippen LogP contribution in [0.5, 0.6) is 5.75 Å². The Labute approximate surface area is 138 Å². The Morgan fingerprint density at radius 1 is 1.09 bits per heavy atom. The van der Waals surface area contributed by atoms with Gasteiger partial charge in [0.15, 0.2) is 0 Å². The van der Waals surface area contributed by atoms with Crippen molar-refractivity contribution in [1.82, 2.24) is 9.97 Å². The largest absolute Gasteiger partial charge is 0.497 e. The molecule has 0 saturated heterocycles. The molecule has 0 bridgehead atoms. The van der Waals surface area contributed by atoms with Gasteiger partial charge in [-0.15, -0.1) is 0 Å². The Bertz CT molecular complexity index is 896. The highest BCUT2D eigenvalue weighted by Crippen LogP contribution is 2.50. The molecule has 3 aromatic rings. The van der Waals surface area contributed by atoms with Crippen LogP contribution in [0.25, 0.3) is 11.3 Å². The molecule has 1 N–H and O–H groups in total. The fraction of sp³-hybridized carbons (Fsp3) is 0.111. The standard InChI is InChI=1S/C18H13ClN2O2/c1-23-13-6-7-15-14(8-13)17-16(9-20-10-21-17)18(15,22)11-2-4-12(19)5-3-11/h2-10,22H,1H3. The molecular weight excluding hydrogens is 312 g/mol. The van der Waals surface area contributed by atoms with E-state index in [9.17, 15) is 5.11 Å². The molecule has 0 aliphatic heterocycles. The zero-order valence-electron chi connectivity index (χ0n) is 12.3. The van der Waals surface area contributed by atoms with E-state index in [4.69, 9.17) is 16.3 Å². The van der Waals surface area contributed by atoms with E-state index in [1.807, 2.05) is 30.3 Å². The predicted molar refractivity (Wildman–Crippen MR) is 87.6 cm³/mol. The van der Waals surface area contributed by atoms with Gasteiger partial charge in [-0.3, -0.25) is 0 Å². The Morgan fingerprint density at radius 2 is 1.87 bits per heavy atom. The van der Waals surface area contributed by atoms with E-state index in [1.54, 1.807) is 25.4 Å². The molecule has 4 nitrogen and oxygen atoms in total. The van der Waals surface area contributed by atoms with Crippen LogP contribution in [0.4, 0.5) is 0 Å². The first-order valence-electron chi connectivity index (χ1n) is 7.12. The van der Waals surface area contributed by atoms with Gasteiger partial charge in [-0.1, -0.05) is 29.8 Å². The SMILES string of the molecule is COc1ccc2c(c1)-c1ncncc1C2(O)c1ccc(Cl)cc1. The first-order valence-corrected chi connectivity index (χ1v) is 7.50. The molecule has 4 rings (SSSR count). The number of nitrogens with zero attached hydrogens (tertiary/aromatic N) is 2. The van der Waals surface area contributed by atoms with Gasteiger partial charge >= 0.3 is 0 Å². The van der Waals surface area contributed by atoms with Crippen molar-refractivity contribution in [3.8, 4) is 17.0 Å². The van der Waals surface area contributed by atoms with E-state index in [1.165, 1.54) is 6.33 Å². The van der Waals surface area contributed by atoms with Crippen LogP contribution in [-0.4, -0.2) is 22.2 Å². The van der Waals surface area contributed by atoms with Crippen molar-refractivity contribution in [3.05, 3.63) is 76.7 Å². The Hall–Kier alpha value is -2.43. The number of rotatable bonds is 2. The van der Waals surface area contributed by atoms with Crippen molar-refractivity contribution in [2.45, 2.75) is 5.60 Å². The number of hydrogen-bond acceptors (Lipinski definition) is 4. The Balaban J connectivity index is 2.03. The van der Waals surface area contributed by atoms with Crippen molar-refractivity contribution in [2.24, 2.45) is 0 Å². The molecule has 0 radical (unpaired) electrons. The van der Waals surface area contributed by atoms with E-state index >= 15 is 0 Å². The molecule has 1 aliphatic rings. The van der Waals surface area contributed by atoms with Crippen LogP contribution in [0.2, 0.25) is 5.02 Å². The monoisotopic (exact) mass is 324 g/mol. The maximum Gasteiger partial charge on any atom is 0.144 e. The third kappa shape index (κ3) is 1.96. The van der Waals surface area contributed by atoms with Gasteiger partial charge in [0.2, 0.25) is 0 Å². The molecule has 1 heterocycles. The Kier molecular flexibility index (Phi) is 3.11. The molecule has 23 heavy (non-hydrogen) atoms. The van der Waals surface area contributed by atoms with E-state index in [-0.39, 0.29) is 0 Å². The third-order valence-electron chi connectivity index (χ3n) is 4.24. The molecule has 0 spiro atoms. The molecular formula is C18H13ClN2O2. The van der Waals surface area contributed by atoms with Crippen molar-refractivity contribution < 1.29 is 9.84 Å². The van der Waals surface area contributed by atoms with Crippen LogP contribution in [0.1, 0.15) is 16.7 Å². The normalized spacial score (nSPS) is 18.4. The molecule has 0 fully saturated rings. The fourth-order valence-electron chi connectivity index (χ4n) is 3.12. The average Bonchev–Trinajstić information content (AvgIpc) is 2.86. The van der Waals surface area contributed by atoms with Crippen LogP contribution < -0.4 is 4.74 Å². The first kappa shape index (κ1) is 14.2. The summed E-state index contributed by atoms with van der Waals surface area (Å²) in [5.74, 6) is 0.716. The van der Waals surface area contributed by atoms with Crippen LogP contribution in [0, 0.1) is 0 Å². The van der Waals surface area contributed by atoms with E-state index in [2.05, 4.69) is 9.97 Å². The molecule has 1 aromatic heterocycles. The van der Waals surface area contributed by atoms with Gasteiger partial charge in [-0.25, -0.2) is 9.97 Å². The van der Waals surface area contributed by atoms with E-state index in [0.29, 0.717) is 22.0 Å². The molecule has 114 valence electrons. The van der Waals surface area contributed by atoms with Crippen LogP contribution in [-0.2, 0) is 5.60 Å². The minimum absolute atomic E-state index is 0.620. The van der Waals surface area contributed by atoms with Gasteiger partial charge in [-0.05, 0) is 29.8 Å². The second-order valence-electron chi connectivity index (χ2n) is 5.41. The minimum Gasteiger partial charge on any atom is -0.497 e. The maximum absolute atomic E-state index is 11.6. The number of hydrogen-bond donors (Lipinski definition) is 1. The number of ether oxygens (including phenoxy) is 1. The lowest BCUT2D eigenvalue weighted by Crippen LogP contribution is -2.26. The zero-order valence-corrected chi connectivity index (χ0v) is 13.1. The lowest BCUT2D eigenvalue weighted by molar-refractivity contribution is 0.130. The fourth-order valence-corrected chi connectivity index (χ4v) is 3.24. The van der Waals surface area contributed by atoms with Gasteiger partial charge in [0.05, 0.1) is 12.8 Å².